The second-order valence-electron chi connectivity index (χ2n) is 3.83. The summed E-state index contributed by atoms with van der Waals surface area (Å²) in [4.78, 5) is 0. The highest BCUT2D eigenvalue weighted by atomic mass is 14.1. The first-order chi connectivity index (χ1) is 8.42. The molecule has 0 fully saturated rings. The topological polar surface area (TPSA) is 0 Å². The van der Waals surface area contributed by atoms with Crippen LogP contribution in [0.4, 0.5) is 0 Å². The molecule has 0 aromatic heterocycles. The molecule has 0 unspecified atom stereocenters. The summed E-state index contributed by atoms with van der Waals surface area (Å²) in [6.45, 7) is 3.77. The van der Waals surface area contributed by atoms with E-state index in [1.807, 2.05) is 12.1 Å². The van der Waals surface area contributed by atoms with Crippen LogP contribution in [0.1, 0.15) is 23.5 Å². The summed E-state index contributed by atoms with van der Waals surface area (Å²) in [5.74, 6) is 6.53. The molecule has 0 aliphatic carbocycles. The fourth-order valence-electron chi connectivity index (χ4n) is 1.82. The van der Waals surface area contributed by atoms with E-state index in [2.05, 4.69) is 67.3 Å². The van der Waals surface area contributed by atoms with Crippen molar-refractivity contribution in [3.05, 3.63) is 78.7 Å². The van der Waals surface area contributed by atoms with Crippen molar-refractivity contribution in [1.29, 1.82) is 0 Å². The number of hydrogen-bond donors (Lipinski definition) is 0. The first-order valence-corrected chi connectivity index (χ1v) is 5.79. The lowest BCUT2D eigenvalue weighted by Gasteiger charge is -2.11. The van der Waals surface area contributed by atoms with Crippen LogP contribution in [-0.2, 0) is 0 Å². The van der Waals surface area contributed by atoms with E-state index in [0.717, 1.165) is 0 Å². The third-order valence-electron chi connectivity index (χ3n) is 2.64. The molecule has 0 nitrogen and oxygen atoms in total. The Morgan fingerprint density at radius 3 is 1.71 bits per heavy atom. The molecule has 0 spiro atoms. The lowest BCUT2D eigenvalue weighted by molar-refractivity contribution is 1.06. The van der Waals surface area contributed by atoms with Gasteiger partial charge in [-0.1, -0.05) is 66.6 Å². The van der Waals surface area contributed by atoms with E-state index in [1.165, 1.54) is 11.1 Å². The lowest BCUT2D eigenvalue weighted by atomic mass is 9.92. The third-order valence-corrected chi connectivity index (χ3v) is 2.64. The third kappa shape index (κ3) is 2.98. The van der Waals surface area contributed by atoms with Crippen LogP contribution in [0.3, 0.4) is 0 Å². The minimum absolute atomic E-state index is 0.152. The van der Waals surface area contributed by atoms with E-state index in [4.69, 9.17) is 0 Å². The Hall–Kier alpha value is -2.00. The van der Waals surface area contributed by atoms with Crippen LogP contribution >= 0.6 is 0 Å². The fraction of sp³-hybridized carbons (Fsp3) is 0.118. The van der Waals surface area contributed by atoms with Crippen molar-refractivity contribution in [3.63, 3.8) is 0 Å². The van der Waals surface area contributed by atoms with Gasteiger partial charge in [0.15, 0.2) is 0 Å². The molecule has 1 radical (unpaired) electrons. The molecule has 2 aromatic rings. The van der Waals surface area contributed by atoms with E-state index >= 15 is 0 Å². The van der Waals surface area contributed by atoms with Crippen LogP contribution in [-0.4, -0.2) is 0 Å². The van der Waals surface area contributed by atoms with Crippen molar-refractivity contribution in [2.45, 2.75) is 12.3 Å². The number of hydrogen-bond acceptors (Lipinski definition) is 0. The maximum Gasteiger partial charge on any atom is 0.0702 e. The fourth-order valence-corrected chi connectivity index (χ4v) is 1.82. The Labute approximate surface area is 103 Å². The van der Waals surface area contributed by atoms with Crippen LogP contribution in [0.5, 0.6) is 0 Å². The van der Waals surface area contributed by atoms with Gasteiger partial charge in [-0.05, 0) is 18.1 Å². The molecular formula is C17H15. The lowest BCUT2D eigenvalue weighted by Crippen LogP contribution is -1.97. The van der Waals surface area contributed by atoms with Gasteiger partial charge in [0.1, 0.15) is 0 Å². The van der Waals surface area contributed by atoms with Crippen LogP contribution in [0.25, 0.3) is 0 Å². The van der Waals surface area contributed by atoms with Crippen LogP contribution < -0.4 is 0 Å². The predicted octanol–water partition coefficient (Wildman–Crippen LogP) is 4.05. The molecule has 0 atom stereocenters. The minimum atomic E-state index is 0.152. The summed E-state index contributed by atoms with van der Waals surface area (Å²) in [5.41, 5.74) is 2.47. The smallest absolute Gasteiger partial charge is 0.0702 e. The van der Waals surface area contributed by atoms with Gasteiger partial charge in [0, 0.05) is 6.42 Å². The quantitative estimate of drug-likeness (QED) is 0.668. The zero-order valence-electron chi connectivity index (χ0n) is 9.77. The van der Waals surface area contributed by atoms with E-state index in [0.29, 0.717) is 6.42 Å². The Bertz CT molecular complexity index is 460. The molecule has 0 bridgehead atoms. The molecule has 2 aromatic carbocycles. The van der Waals surface area contributed by atoms with Gasteiger partial charge in [0.05, 0.1) is 5.92 Å². The Balaban J connectivity index is 2.39. The highest BCUT2D eigenvalue weighted by molar-refractivity contribution is 5.40. The molecule has 0 N–H and O–H groups in total. The van der Waals surface area contributed by atoms with Crippen molar-refractivity contribution in [2.75, 3.05) is 0 Å². The van der Waals surface area contributed by atoms with Crippen LogP contribution in [0.2, 0.25) is 0 Å². The first kappa shape index (κ1) is 11.5. The first-order valence-electron chi connectivity index (χ1n) is 5.79. The molecule has 0 heterocycles. The zero-order valence-corrected chi connectivity index (χ0v) is 9.77. The van der Waals surface area contributed by atoms with E-state index in [9.17, 15) is 0 Å². The van der Waals surface area contributed by atoms with E-state index in [-0.39, 0.29) is 5.92 Å². The van der Waals surface area contributed by atoms with E-state index < -0.39 is 0 Å². The zero-order chi connectivity index (χ0) is 11.9. The number of rotatable bonds is 2. The van der Waals surface area contributed by atoms with Gasteiger partial charge in [-0.15, -0.1) is 5.92 Å². The summed E-state index contributed by atoms with van der Waals surface area (Å²) in [7, 11) is 0. The molecule has 0 saturated heterocycles. The van der Waals surface area contributed by atoms with Crippen LogP contribution in [0.15, 0.2) is 60.7 Å². The monoisotopic (exact) mass is 219 g/mol. The molecule has 0 heteroatoms. The SMILES string of the molecule is [CH2]CC#CC(c1ccccc1)c1ccccc1. The van der Waals surface area contributed by atoms with E-state index in [1.54, 1.807) is 0 Å². The summed E-state index contributed by atoms with van der Waals surface area (Å²) < 4.78 is 0. The largest absolute Gasteiger partial charge is 0.102 e. The van der Waals surface area contributed by atoms with Crippen molar-refractivity contribution in [3.8, 4) is 11.8 Å². The normalized spacial score (nSPS) is 9.76. The van der Waals surface area contributed by atoms with Gasteiger partial charge in [0.25, 0.3) is 0 Å². The minimum Gasteiger partial charge on any atom is -0.102 e. The van der Waals surface area contributed by atoms with Crippen molar-refractivity contribution < 1.29 is 0 Å². The molecular weight excluding hydrogens is 204 g/mol. The standard InChI is InChI=1S/C17H15/c1-2-3-14-17(15-10-6-4-7-11-15)16-12-8-5-9-13-16/h4-13,17H,1-2H2. The van der Waals surface area contributed by atoms with Gasteiger partial charge in [-0.2, -0.15) is 0 Å². The summed E-state index contributed by atoms with van der Waals surface area (Å²) in [5, 5.41) is 0. The van der Waals surface area contributed by atoms with Crippen LogP contribution in [0, 0.1) is 18.8 Å². The molecule has 0 saturated carbocycles. The second-order valence-corrected chi connectivity index (χ2v) is 3.83. The molecule has 17 heavy (non-hydrogen) atoms. The predicted molar refractivity (Wildman–Crippen MR) is 72.5 cm³/mol. The van der Waals surface area contributed by atoms with Crippen molar-refractivity contribution in [1.82, 2.24) is 0 Å². The van der Waals surface area contributed by atoms with Gasteiger partial charge in [-0.3, -0.25) is 0 Å². The van der Waals surface area contributed by atoms with Gasteiger partial charge < -0.3 is 0 Å². The van der Waals surface area contributed by atoms with Gasteiger partial charge in [0.2, 0.25) is 0 Å². The maximum atomic E-state index is 3.77. The summed E-state index contributed by atoms with van der Waals surface area (Å²) in [6, 6.07) is 20.7. The Kier molecular flexibility index (Phi) is 4.00. The highest BCUT2D eigenvalue weighted by Crippen LogP contribution is 2.23. The molecule has 2 rings (SSSR count). The van der Waals surface area contributed by atoms with Gasteiger partial charge >= 0.3 is 0 Å². The molecule has 0 aliphatic heterocycles. The highest BCUT2D eigenvalue weighted by Gasteiger charge is 2.09. The summed E-state index contributed by atoms with van der Waals surface area (Å²) in [6.07, 6.45) is 0.649. The summed E-state index contributed by atoms with van der Waals surface area (Å²) >= 11 is 0. The van der Waals surface area contributed by atoms with Crippen molar-refractivity contribution in [2.24, 2.45) is 0 Å². The maximum absolute atomic E-state index is 3.77. The number of benzene rings is 2. The molecule has 0 aliphatic rings. The Morgan fingerprint density at radius 2 is 1.29 bits per heavy atom. The van der Waals surface area contributed by atoms with Gasteiger partial charge in [-0.25, -0.2) is 0 Å². The average molecular weight is 219 g/mol. The second kappa shape index (κ2) is 5.92. The molecule has 0 amide bonds. The van der Waals surface area contributed by atoms with Crippen molar-refractivity contribution >= 4 is 0 Å². The Morgan fingerprint density at radius 1 is 0.824 bits per heavy atom. The molecule has 83 valence electrons. The average Bonchev–Trinajstić information content (AvgIpc) is 2.42.